The summed E-state index contributed by atoms with van der Waals surface area (Å²) in [5.74, 6) is 1.34. The molecular formula is C45H27N3O. The van der Waals surface area contributed by atoms with E-state index >= 15 is 0 Å². The minimum Gasteiger partial charge on any atom is -0.435 e. The van der Waals surface area contributed by atoms with E-state index in [1.54, 1.807) is 0 Å². The highest BCUT2D eigenvalue weighted by molar-refractivity contribution is 6.18. The highest BCUT2D eigenvalue weighted by Crippen LogP contribution is 2.38. The summed E-state index contributed by atoms with van der Waals surface area (Å²) < 4.78 is 6.49. The van der Waals surface area contributed by atoms with Crippen LogP contribution in [0.25, 0.3) is 99.5 Å². The van der Waals surface area contributed by atoms with Crippen molar-refractivity contribution in [1.29, 1.82) is 0 Å². The van der Waals surface area contributed by atoms with Crippen LogP contribution in [-0.4, -0.2) is 15.0 Å². The van der Waals surface area contributed by atoms with E-state index in [9.17, 15) is 0 Å². The molecule has 0 fully saturated rings. The fourth-order valence-electron chi connectivity index (χ4n) is 6.99. The fourth-order valence-corrected chi connectivity index (χ4v) is 6.99. The van der Waals surface area contributed by atoms with Gasteiger partial charge in [0.2, 0.25) is 5.89 Å². The van der Waals surface area contributed by atoms with Gasteiger partial charge in [-0.25, -0.2) is 15.0 Å². The summed E-state index contributed by atoms with van der Waals surface area (Å²) in [6, 6.07) is 57.0. The molecule has 2 heterocycles. The summed E-state index contributed by atoms with van der Waals surface area (Å²) in [5, 5.41) is 7.84. The third-order valence-electron chi connectivity index (χ3n) is 9.46. The van der Waals surface area contributed by atoms with Crippen molar-refractivity contribution in [3.05, 3.63) is 164 Å². The largest absolute Gasteiger partial charge is 0.435 e. The third kappa shape index (κ3) is 4.65. The van der Waals surface area contributed by atoms with Gasteiger partial charge in [0, 0.05) is 27.5 Å². The first-order valence-corrected chi connectivity index (χ1v) is 16.4. The van der Waals surface area contributed by atoms with Crippen molar-refractivity contribution >= 4 is 54.3 Å². The van der Waals surface area contributed by atoms with Crippen molar-refractivity contribution in [1.82, 2.24) is 15.0 Å². The quantitative estimate of drug-likeness (QED) is 0.183. The standard InChI is InChI=1S/C45H27N3O/c1-3-10-31(11-4-1)42-37-23-21-35(27-40(37)46-44(48-42)36-20-15-28-9-7-8-14-33(28)25-36)34-19-17-29-16-18-30-22-24-39-43(41(30)38(29)26-34)49-45(47-39)32-12-5-2-6-13-32/h1-27H. The smallest absolute Gasteiger partial charge is 0.227 e. The van der Waals surface area contributed by atoms with E-state index in [1.807, 2.05) is 42.5 Å². The maximum Gasteiger partial charge on any atom is 0.227 e. The van der Waals surface area contributed by atoms with Crippen LogP contribution in [0.4, 0.5) is 0 Å². The lowest BCUT2D eigenvalue weighted by Crippen LogP contribution is -1.96. The Bertz CT molecular complexity index is 2880. The van der Waals surface area contributed by atoms with Gasteiger partial charge in [-0.1, -0.05) is 121 Å². The molecular weight excluding hydrogens is 599 g/mol. The van der Waals surface area contributed by atoms with Crippen LogP contribution in [0.1, 0.15) is 0 Å². The predicted octanol–water partition coefficient (Wildman–Crippen LogP) is 11.9. The number of fused-ring (bicyclic) bond motifs is 7. The molecule has 4 heteroatoms. The molecule has 0 aliphatic heterocycles. The molecule has 10 rings (SSSR count). The zero-order chi connectivity index (χ0) is 32.3. The lowest BCUT2D eigenvalue weighted by Gasteiger charge is -2.12. The summed E-state index contributed by atoms with van der Waals surface area (Å²) in [5.41, 5.74) is 8.68. The van der Waals surface area contributed by atoms with Gasteiger partial charge in [-0.15, -0.1) is 0 Å². The van der Waals surface area contributed by atoms with Crippen molar-refractivity contribution in [2.45, 2.75) is 0 Å². The Morgan fingerprint density at radius 1 is 0.367 bits per heavy atom. The van der Waals surface area contributed by atoms with Gasteiger partial charge >= 0.3 is 0 Å². The highest BCUT2D eigenvalue weighted by Gasteiger charge is 2.16. The van der Waals surface area contributed by atoms with Crippen LogP contribution in [0.5, 0.6) is 0 Å². The molecule has 0 aliphatic carbocycles. The molecule has 0 bridgehead atoms. The van der Waals surface area contributed by atoms with Gasteiger partial charge in [0.05, 0.1) is 11.2 Å². The second kappa shape index (κ2) is 11.0. The van der Waals surface area contributed by atoms with E-state index in [2.05, 4.69) is 121 Å². The second-order valence-electron chi connectivity index (χ2n) is 12.5. The Hall–Kier alpha value is -6.65. The lowest BCUT2D eigenvalue weighted by atomic mass is 9.95. The van der Waals surface area contributed by atoms with Gasteiger partial charge in [-0.2, -0.15) is 0 Å². The molecule has 0 amide bonds. The first-order chi connectivity index (χ1) is 24.2. The van der Waals surface area contributed by atoms with E-state index in [4.69, 9.17) is 19.4 Å². The second-order valence-corrected chi connectivity index (χ2v) is 12.5. The Kier molecular flexibility index (Phi) is 6.15. The van der Waals surface area contributed by atoms with Crippen molar-refractivity contribution in [3.8, 4) is 45.2 Å². The van der Waals surface area contributed by atoms with Gasteiger partial charge < -0.3 is 4.42 Å². The summed E-state index contributed by atoms with van der Waals surface area (Å²) >= 11 is 0. The van der Waals surface area contributed by atoms with Gasteiger partial charge in [0.15, 0.2) is 11.4 Å². The number of hydrogen-bond acceptors (Lipinski definition) is 4. The van der Waals surface area contributed by atoms with E-state index in [0.29, 0.717) is 11.7 Å². The molecule has 0 atom stereocenters. The molecule has 10 aromatic rings. The van der Waals surface area contributed by atoms with Crippen molar-refractivity contribution < 1.29 is 4.42 Å². The van der Waals surface area contributed by atoms with Gasteiger partial charge in [-0.05, 0) is 80.5 Å². The molecule has 228 valence electrons. The molecule has 0 saturated carbocycles. The molecule has 2 aromatic heterocycles. The molecule has 0 saturated heterocycles. The summed E-state index contributed by atoms with van der Waals surface area (Å²) in [6.07, 6.45) is 0. The Morgan fingerprint density at radius 3 is 1.88 bits per heavy atom. The molecule has 4 nitrogen and oxygen atoms in total. The molecule has 0 unspecified atom stereocenters. The molecule has 49 heavy (non-hydrogen) atoms. The van der Waals surface area contributed by atoms with Gasteiger partial charge in [-0.3, -0.25) is 0 Å². The lowest BCUT2D eigenvalue weighted by molar-refractivity contribution is 0.623. The molecule has 8 aromatic carbocycles. The monoisotopic (exact) mass is 625 g/mol. The van der Waals surface area contributed by atoms with Crippen LogP contribution in [-0.2, 0) is 0 Å². The van der Waals surface area contributed by atoms with Gasteiger partial charge in [0.25, 0.3) is 0 Å². The molecule has 0 N–H and O–H groups in total. The molecule has 0 aliphatic rings. The van der Waals surface area contributed by atoms with Crippen LogP contribution in [0.2, 0.25) is 0 Å². The van der Waals surface area contributed by atoms with Crippen molar-refractivity contribution in [2.75, 3.05) is 0 Å². The zero-order valence-electron chi connectivity index (χ0n) is 26.3. The molecule has 0 spiro atoms. The number of nitrogens with zero attached hydrogens (tertiary/aromatic N) is 3. The molecule has 0 radical (unpaired) electrons. The van der Waals surface area contributed by atoms with E-state index in [0.717, 1.165) is 77.1 Å². The third-order valence-corrected chi connectivity index (χ3v) is 9.46. The average Bonchev–Trinajstić information content (AvgIpc) is 3.62. The Balaban J connectivity index is 1.16. The van der Waals surface area contributed by atoms with E-state index < -0.39 is 0 Å². The minimum absolute atomic E-state index is 0.627. The highest BCUT2D eigenvalue weighted by atomic mass is 16.3. The fraction of sp³-hybridized carbons (Fsp3) is 0. The first kappa shape index (κ1) is 27.5. The van der Waals surface area contributed by atoms with Crippen molar-refractivity contribution in [3.63, 3.8) is 0 Å². The average molecular weight is 626 g/mol. The maximum absolute atomic E-state index is 6.49. The van der Waals surface area contributed by atoms with E-state index in [1.165, 1.54) is 10.8 Å². The zero-order valence-corrected chi connectivity index (χ0v) is 26.3. The van der Waals surface area contributed by atoms with Gasteiger partial charge in [0.1, 0.15) is 5.52 Å². The normalized spacial score (nSPS) is 11.7. The topological polar surface area (TPSA) is 51.8 Å². The van der Waals surface area contributed by atoms with Crippen LogP contribution >= 0.6 is 0 Å². The van der Waals surface area contributed by atoms with E-state index in [-0.39, 0.29) is 0 Å². The van der Waals surface area contributed by atoms with Crippen LogP contribution < -0.4 is 0 Å². The SMILES string of the molecule is c1ccc(-c2nc3ccc4ccc5ccc(-c6ccc7c(-c8ccccc8)nc(-c8ccc9ccccc9c8)nc7c6)cc5c4c3o2)cc1. The minimum atomic E-state index is 0.627. The summed E-state index contributed by atoms with van der Waals surface area (Å²) in [6.45, 7) is 0. The number of oxazole rings is 1. The Morgan fingerprint density at radius 2 is 1.02 bits per heavy atom. The maximum atomic E-state index is 6.49. The first-order valence-electron chi connectivity index (χ1n) is 16.4. The van der Waals surface area contributed by atoms with Crippen LogP contribution in [0, 0.1) is 0 Å². The predicted molar refractivity (Wildman–Crippen MR) is 201 cm³/mol. The summed E-state index contributed by atoms with van der Waals surface area (Å²) in [7, 11) is 0. The van der Waals surface area contributed by atoms with Crippen LogP contribution in [0.3, 0.4) is 0 Å². The number of hydrogen-bond donors (Lipinski definition) is 0. The van der Waals surface area contributed by atoms with Crippen molar-refractivity contribution in [2.24, 2.45) is 0 Å². The Labute approximate surface area is 282 Å². The number of aromatic nitrogens is 3. The number of rotatable bonds is 4. The summed E-state index contributed by atoms with van der Waals surface area (Å²) in [4.78, 5) is 15.2. The number of benzene rings is 8. The van der Waals surface area contributed by atoms with Crippen LogP contribution in [0.15, 0.2) is 168 Å².